The summed E-state index contributed by atoms with van der Waals surface area (Å²) in [6.07, 6.45) is 5.61. The van der Waals surface area contributed by atoms with Gasteiger partial charge in [-0.05, 0) is 105 Å². The molecule has 16 nitrogen and oxygen atoms in total. The standard InChI is InChI=1S/C50H55F2N11O5.H2/c1-28-21-43-45(55-54-28)38(26-57(43)3)35-22-31-5-4-15-61(42(31)24-36(35)46(51)52)47-39-27-60(29(2)64)16-14-40(39)63(56-47)32-8-6-30(7-9-32)25-58-17-19-59(20-18-58)33-10-11-34-37(23-33)50(68)62(49(34)67)41-12-13-44(65)53-48(41)66;/h10-11,21-24,26,30,32,41,46H,4-9,12-20,25,27H2,1-3H3,(H,53,65,66);1H. The number of piperazine rings is 1. The molecule has 6 aliphatic rings. The van der Waals surface area contributed by atoms with E-state index in [2.05, 4.69) is 34.9 Å². The molecule has 11 rings (SSSR count). The van der Waals surface area contributed by atoms with Crippen LogP contribution in [0.15, 0.2) is 42.6 Å². The van der Waals surface area contributed by atoms with Crippen LogP contribution < -0.4 is 15.1 Å². The Kier molecular flexibility index (Phi) is 11.1. The number of halogens is 2. The van der Waals surface area contributed by atoms with Gasteiger partial charge >= 0.3 is 0 Å². The van der Waals surface area contributed by atoms with E-state index in [1.807, 2.05) is 47.8 Å². The normalized spacial score (nSPS) is 22.3. The van der Waals surface area contributed by atoms with Crippen LogP contribution in [0.3, 0.4) is 0 Å². The lowest BCUT2D eigenvalue weighted by atomic mass is 9.85. The molecule has 2 aromatic carbocycles. The molecule has 3 aromatic heterocycles. The number of carbonyl (C=O) groups is 5. The van der Waals surface area contributed by atoms with Gasteiger partial charge in [0.05, 0.1) is 34.9 Å². The van der Waals surface area contributed by atoms with Crippen molar-refractivity contribution in [2.45, 2.75) is 96.7 Å². The van der Waals surface area contributed by atoms with E-state index in [0.29, 0.717) is 48.6 Å². The molecule has 3 fully saturated rings. The number of rotatable bonds is 8. The van der Waals surface area contributed by atoms with Crippen molar-refractivity contribution in [1.82, 2.24) is 44.6 Å². The zero-order valence-electron chi connectivity index (χ0n) is 38.6. The van der Waals surface area contributed by atoms with Crippen molar-refractivity contribution in [3.05, 3.63) is 81.8 Å². The first kappa shape index (κ1) is 44.0. The molecule has 8 heterocycles. The second kappa shape index (κ2) is 17.2. The van der Waals surface area contributed by atoms with Gasteiger partial charge in [0.1, 0.15) is 11.6 Å². The van der Waals surface area contributed by atoms with Gasteiger partial charge in [0.2, 0.25) is 17.7 Å². The van der Waals surface area contributed by atoms with Crippen LogP contribution in [-0.2, 0) is 40.8 Å². The Morgan fingerprint density at radius 2 is 1.63 bits per heavy atom. The molecule has 1 aliphatic carbocycles. The summed E-state index contributed by atoms with van der Waals surface area (Å²) in [6, 6.07) is 10.0. The Morgan fingerprint density at radius 1 is 0.853 bits per heavy atom. The highest BCUT2D eigenvalue weighted by molar-refractivity contribution is 6.23. The number of fused-ring (bicyclic) bond motifs is 4. The first-order valence-electron chi connectivity index (χ1n) is 24.0. The summed E-state index contributed by atoms with van der Waals surface area (Å²) >= 11 is 0. The van der Waals surface area contributed by atoms with Crippen LogP contribution in [0, 0.1) is 12.8 Å². The monoisotopic (exact) mass is 929 g/mol. The summed E-state index contributed by atoms with van der Waals surface area (Å²) < 4.78 is 34.5. The number of hydrogen-bond acceptors (Lipinski definition) is 11. The van der Waals surface area contributed by atoms with Gasteiger partial charge in [0.25, 0.3) is 18.2 Å². The van der Waals surface area contributed by atoms with Crippen LogP contribution >= 0.6 is 0 Å². The van der Waals surface area contributed by atoms with E-state index in [1.165, 1.54) is 0 Å². The number of aromatic nitrogens is 5. The number of piperidine rings is 1. The van der Waals surface area contributed by atoms with Crippen LogP contribution in [0.2, 0.25) is 0 Å². The van der Waals surface area contributed by atoms with E-state index < -0.39 is 36.1 Å². The predicted octanol–water partition coefficient (Wildman–Crippen LogP) is 6.27. The minimum absolute atomic E-state index is 0. The van der Waals surface area contributed by atoms with Crippen molar-refractivity contribution >= 4 is 57.8 Å². The molecule has 1 atom stereocenters. The van der Waals surface area contributed by atoms with Crippen LogP contribution in [0.4, 0.5) is 26.0 Å². The molecular weight excluding hydrogens is 873 g/mol. The maximum absolute atomic E-state index is 15.2. The molecule has 356 valence electrons. The number of hydrogen-bond donors (Lipinski definition) is 1. The molecule has 0 spiro atoms. The van der Waals surface area contributed by atoms with Gasteiger partial charge in [-0.25, -0.2) is 8.78 Å². The molecule has 5 aromatic rings. The highest BCUT2D eigenvalue weighted by atomic mass is 19.3. The summed E-state index contributed by atoms with van der Waals surface area (Å²) in [5, 5.41) is 16.3. The SMILES string of the molecule is CC(=O)N1CCc2c(c(N3CCCc4cc(-c5cn(C)c6cc(C)nnc56)c(C(F)F)cc43)nn2C2CCC(CN3CCN(c4ccc5c(c4)C(=O)N(C4CCC(=O)NC4=O)C5=O)CC3)CC2)C1.[HH]. The number of benzene rings is 2. The average Bonchev–Trinajstić information content (AvgIpc) is 3.96. The molecular formula is C50H57F2N11O5. The van der Waals surface area contributed by atoms with Crippen LogP contribution in [-0.4, -0.2) is 121 Å². The fraction of sp³-hybridized carbons (Fsp3) is 0.480. The number of carbonyl (C=O) groups excluding carboxylic acids is 5. The lowest BCUT2D eigenvalue weighted by Crippen LogP contribution is -2.54. The molecule has 2 saturated heterocycles. The Labute approximate surface area is 393 Å². The minimum atomic E-state index is -2.72. The molecule has 0 radical (unpaired) electrons. The fourth-order valence-corrected chi connectivity index (χ4v) is 11.7. The quantitative estimate of drug-likeness (QED) is 0.175. The highest BCUT2D eigenvalue weighted by Crippen LogP contribution is 2.45. The zero-order valence-corrected chi connectivity index (χ0v) is 38.6. The Morgan fingerprint density at radius 3 is 2.38 bits per heavy atom. The van der Waals surface area contributed by atoms with Crippen molar-refractivity contribution in [3.8, 4) is 11.1 Å². The van der Waals surface area contributed by atoms with Crippen LogP contribution in [0.1, 0.15) is 115 Å². The van der Waals surface area contributed by atoms with Crippen molar-refractivity contribution in [1.29, 1.82) is 0 Å². The molecule has 68 heavy (non-hydrogen) atoms. The highest BCUT2D eigenvalue weighted by Gasteiger charge is 2.45. The van der Waals surface area contributed by atoms with Gasteiger partial charge in [-0.15, -0.1) is 5.10 Å². The van der Waals surface area contributed by atoms with Crippen LogP contribution in [0.25, 0.3) is 22.2 Å². The molecule has 1 saturated carbocycles. The third-order valence-corrected chi connectivity index (χ3v) is 15.4. The van der Waals surface area contributed by atoms with Crippen molar-refractivity contribution in [2.24, 2.45) is 13.0 Å². The molecule has 1 unspecified atom stereocenters. The average molecular weight is 930 g/mol. The number of nitrogens with zero attached hydrogens (tertiary/aromatic N) is 10. The minimum Gasteiger partial charge on any atom is -0.369 e. The van der Waals surface area contributed by atoms with Gasteiger partial charge < -0.3 is 19.3 Å². The maximum atomic E-state index is 15.2. The van der Waals surface area contributed by atoms with E-state index in [1.54, 1.807) is 25.1 Å². The topological polar surface area (TPSA) is 162 Å². The summed E-state index contributed by atoms with van der Waals surface area (Å²) in [5.41, 5.74) is 8.54. The number of nitrogens with one attached hydrogen (secondary N) is 1. The molecule has 18 heteroatoms. The van der Waals surface area contributed by atoms with E-state index in [9.17, 15) is 24.0 Å². The van der Waals surface area contributed by atoms with Crippen molar-refractivity contribution < 1.29 is 34.2 Å². The largest absolute Gasteiger partial charge is 0.369 e. The third-order valence-electron chi connectivity index (χ3n) is 15.4. The summed E-state index contributed by atoms with van der Waals surface area (Å²) in [5.74, 6) is -0.743. The van der Waals surface area contributed by atoms with Crippen molar-refractivity contribution in [2.75, 3.05) is 55.6 Å². The smallest absolute Gasteiger partial charge is 0.264 e. The number of aryl methyl sites for hydroxylation is 3. The first-order valence-corrected chi connectivity index (χ1v) is 24.0. The first-order chi connectivity index (χ1) is 32.8. The van der Waals surface area contributed by atoms with Gasteiger partial charge in [-0.1, -0.05) is 0 Å². The van der Waals surface area contributed by atoms with E-state index >= 15 is 8.78 Å². The predicted molar refractivity (Wildman–Crippen MR) is 251 cm³/mol. The zero-order chi connectivity index (χ0) is 47.1. The maximum Gasteiger partial charge on any atom is 0.264 e. The van der Waals surface area contributed by atoms with E-state index in [4.69, 9.17) is 5.10 Å². The van der Waals surface area contributed by atoms with Gasteiger partial charge in [0, 0.05) is 114 Å². The second-order valence-electron chi connectivity index (χ2n) is 19.5. The second-order valence-corrected chi connectivity index (χ2v) is 19.5. The number of anilines is 3. The van der Waals surface area contributed by atoms with Gasteiger partial charge in [0.15, 0.2) is 5.82 Å². The van der Waals surface area contributed by atoms with E-state index in [0.717, 1.165) is 121 Å². The van der Waals surface area contributed by atoms with Gasteiger partial charge in [-0.2, -0.15) is 10.2 Å². The van der Waals surface area contributed by atoms with Crippen LogP contribution in [0.5, 0.6) is 0 Å². The third kappa shape index (κ3) is 7.60. The number of imide groups is 2. The lowest BCUT2D eigenvalue weighted by molar-refractivity contribution is -0.136. The molecule has 5 amide bonds. The number of alkyl halides is 2. The summed E-state index contributed by atoms with van der Waals surface area (Å²) in [4.78, 5) is 73.5. The van der Waals surface area contributed by atoms with Gasteiger partial charge in [-0.3, -0.25) is 43.8 Å². The molecule has 5 aliphatic heterocycles. The summed E-state index contributed by atoms with van der Waals surface area (Å²) in [6.45, 7) is 9.37. The summed E-state index contributed by atoms with van der Waals surface area (Å²) in [7, 11) is 1.90. The Balaban J connectivity index is 0.00000553. The molecule has 1 N–H and O–H groups in total. The number of amides is 5. The Bertz CT molecular complexity index is 2920. The fourth-order valence-electron chi connectivity index (χ4n) is 11.7. The van der Waals surface area contributed by atoms with E-state index in [-0.39, 0.29) is 42.9 Å². The Hall–Kier alpha value is -6.56. The molecule has 0 bridgehead atoms. The lowest BCUT2D eigenvalue weighted by Gasteiger charge is -2.39. The van der Waals surface area contributed by atoms with Crippen molar-refractivity contribution in [3.63, 3.8) is 0 Å².